The maximum atomic E-state index is 13.7. The molecule has 1 amide bonds. The van der Waals surface area contributed by atoms with E-state index in [2.05, 4.69) is 10.0 Å². The van der Waals surface area contributed by atoms with E-state index in [1.165, 1.54) is 36.4 Å². The van der Waals surface area contributed by atoms with Crippen molar-refractivity contribution in [2.45, 2.75) is 23.6 Å². The molecule has 5 aromatic carbocycles. The van der Waals surface area contributed by atoms with Gasteiger partial charge in [0.25, 0.3) is 20.0 Å². The lowest BCUT2D eigenvalue weighted by Gasteiger charge is -2.24. The number of sulfonamides is 2. The van der Waals surface area contributed by atoms with Crippen LogP contribution in [0.1, 0.15) is 12.5 Å². The molecular weight excluding hydrogens is 599 g/mol. The number of carbonyl (C=O) groups excluding carboxylic acids is 1. The number of hydrogen-bond donors (Lipinski definition) is 2. The van der Waals surface area contributed by atoms with Gasteiger partial charge in [0, 0.05) is 11.1 Å². The number of nitrogens with zero attached hydrogens (tertiary/aromatic N) is 1. The number of nitrogens with one attached hydrogen (secondary N) is 2. The summed E-state index contributed by atoms with van der Waals surface area (Å²) >= 11 is 0. The van der Waals surface area contributed by atoms with E-state index in [0.717, 1.165) is 20.6 Å². The Morgan fingerprint density at radius 2 is 1.39 bits per heavy atom. The number of benzene rings is 5. The van der Waals surface area contributed by atoms with Gasteiger partial charge in [-0.05, 0) is 86.0 Å². The van der Waals surface area contributed by atoms with Crippen LogP contribution in [-0.4, -0.2) is 35.9 Å². The number of hydrogen-bond acceptors (Lipinski definition) is 6. The highest BCUT2D eigenvalue weighted by atomic mass is 32.2. The van der Waals surface area contributed by atoms with Crippen LogP contribution in [0.3, 0.4) is 0 Å². The van der Waals surface area contributed by atoms with E-state index in [0.29, 0.717) is 23.7 Å². The molecule has 44 heavy (non-hydrogen) atoms. The Morgan fingerprint density at radius 1 is 0.750 bits per heavy atom. The summed E-state index contributed by atoms with van der Waals surface area (Å²) in [4.78, 5) is 13.2. The van der Waals surface area contributed by atoms with Crippen molar-refractivity contribution < 1.29 is 26.4 Å². The average molecular weight is 630 g/mol. The number of ether oxygens (including phenoxy) is 1. The van der Waals surface area contributed by atoms with E-state index in [1.54, 1.807) is 48.5 Å². The maximum absolute atomic E-state index is 13.7. The van der Waals surface area contributed by atoms with Gasteiger partial charge in [-0.25, -0.2) is 16.8 Å². The molecule has 0 saturated heterocycles. The molecule has 0 radical (unpaired) electrons. The number of fused-ring (bicyclic) bond motifs is 1. The molecule has 0 saturated carbocycles. The summed E-state index contributed by atoms with van der Waals surface area (Å²) < 4.78 is 62.7. The van der Waals surface area contributed by atoms with Gasteiger partial charge in [0.1, 0.15) is 12.3 Å². The molecule has 0 fully saturated rings. The van der Waals surface area contributed by atoms with E-state index >= 15 is 0 Å². The van der Waals surface area contributed by atoms with Crippen molar-refractivity contribution in [3.8, 4) is 5.75 Å². The summed E-state index contributed by atoms with van der Waals surface area (Å²) in [7, 11) is -8.04. The van der Waals surface area contributed by atoms with E-state index < -0.39 is 32.5 Å². The Labute approximate surface area is 257 Å². The van der Waals surface area contributed by atoms with Gasteiger partial charge in [-0.3, -0.25) is 13.8 Å². The van der Waals surface area contributed by atoms with E-state index in [9.17, 15) is 21.6 Å². The van der Waals surface area contributed by atoms with Crippen LogP contribution in [0.2, 0.25) is 0 Å². The van der Waals surface area contributed by atoms with Gasteiger partial charge >= 0.3 is 0 Å². The summed E-state index contributed by atoms with van der Waals surface area (Å²) in [6, 6.07) is 31.2. The van der Waals surface area contributed by atoms with Gasteiger partial charge in [-0.2, -0.15) is 0 Å². The normalized spacial score (nSPS) is 11.6. The van der Waals surface area contributed by atoms with Crippen LogP contribution in [0.15, 0.2) is 125 Å². The van der Waals surface area contributed by atoms with Gasteiger partial charge in [-0.15, -0.1) is 0 Å². The standard InChI is InChI=1S/C33H31N3O6S2/c1-3-42-28-17-15-27(16-18-28)36(44(40,41)30-19-11-24(2)12-20-30)23-33(37)34-26-13-21-29(22-14-26)43(38,39)35-32-10-6-8-25-7-4-5-9-31(25)32/h4-22,35H,3,23H2,1-2H3,(H,34,37). The van der Waals surface area contributed by atoms with Crippen molar-refractivity contribution in [3.05, 3.63) is 121 Å². The summed E-state index contributed by atoms with van der Waals surface area (Å²) in [5.41, 5.74) is 1.93. The van der Waals surface area contributed by atoms with Gasteiger partial charge < -0.3 is 10.1 Å². The molecule has 0 unspecified atom stereocenters. The molecule has 5 aromatic rings. The molecule has 0 spiro atoms. The van der Waals surface area contributed by atoms with Crippen molar-refractivity contribution >= 4 is 53.8 Å². The monoisotopic (exact) mass is 629 g/mol. The Balaban J connectivity index is 1.34. The summed E-state index contributed by atoms with van der Waals surface area (Å²) in [5, 5.41) is 4.34. The lowest BCUT2D eigenvalue weighted by molar-refractivity contribution is -0.114. The third-order valence-electron chi connectivity index (χ3n) is 6.81. The molecule has 9 nitrogen and oxygen atoms in total. The molecular formula is C33H31N3O6S2. The van der Waals surface area contributed by atoms with Gasteiger partial charge in [0.05, 0.1) is 27.8 Å². The minimum absolute atomic E-state index is 0.00129. The molecule has 0 aliphatic rings. The zero-order valence-electron chi connectivity index (χ0n) is 24.1. The first-order chi connectivity index (χ1) is 21.1. The van der Waals surface area contributed by atoms with Crippen LogP contribution < -0.4 is 19.1 Å². The highest BCUT2D eigenvalue weighted by Crippen LogP contribution is 2.28. The van der Waals surface area contributed by atoms with Crippen LogP contribution in [0.5, 0.6) is 5.75 Å². The Bertz CT molecular complexity index is 1990. The fraction of sp³-hybridized carbons (Fsp3) is 0.121. The SMILES string of the molecule is CCOc1ccc(N(CC(=O)Nc2ccc(S(=O)(=O)Nc3cccc4ccccc34)cc2)S(=O)(=O)c2ccc(C)cc2)cc1. The zero-order chi connectivity index (χ0) is 31.3. The first-order valence-corrected chi connectivity index (χ1v) is 16.7. The lowest BCUT2D eigenvalue weighted by Crippen LogP contribution is -2.38. The maximum Gasteiger partial charge on any atom is 0.264 e. The third kappa shape index (κ3) is 6.85. The van der Waals surface area contributed by atoms with Crippen molar-refractivity contribution in [2.75, 3.05) is 27.5 Å². The highest BCUT2D eigenvalue weighted by molar-refractivity contribution is 7.93. The zero-order valence-corrected chi connectivity index (χ0v) is 25.7. The molecule has 2 N–H and O–H groups in total. The summed E-state index contributed by atoms with van der Waals surface area (Å²) in [5.74, 6) is -0.0440. The van der Waals surface area contributed by atoms with Gasteiger partial charge in [0.2, 0.25) is 5.91 Å². The molecule has 11 heteroatoms. The topological polar surface area (TPSA) is 122 Å². The fourth-order valence-electron chi connectivity index (χ4n) is 4.59. The Morgan fingerprint density at radius 3 is 2.07 bits per heavy atom. The number of aryl methyl sites for hydroxylation is 1. The Kier molecular flexibility index (Phi) is 8.88. The average Bonchev–Trinajstić information content (AvgIpc) is 3.01. The van der Waals surface area contributed by atoms with Crippen molar-refractivity contribution in [3.63, 3.8) is 0 Å². The van der Waals surface area contributed by atoms with Crippen LogP contribution in [-0.2, 0) is 24.8 Å². The van der Waals surface area contributed by atoms with Gasteiger partial charge in [0.15, 0.2) is 0 Å². The number of anilines is 3. The first-order valence-electron chi connectivity index (χ1n) is 13.8. The first kappa shape index (κ1) is 30.6. The van der Waals surface area contributed by atoms with Crippen LogP contribution in [0.25, 0.3) is 10.8 Å². The number of carbonyl (C=O) groups is 1. The minimum Gasteiger partial charge on any atom is -0.494 e. The molecule has 0 bridgehead atoms. The van der Waals surface area contributed by atoms with Crippen LogP contribution in [0, 0.1) is 6.92 Å². The predicted octanol–water partition coefficient (Wildman–Crippen LogP) is 6.18. The fourth-order valence-corrected chi connectivity index (χ4v) is 7.09. The quantitative estimate of drug-likeness (QED) is 0.180. The van der Waals surface area contributed by atoms with Gasteiger partial charge in [-0.1, -0.05) is 54.1 Å². The van der Waals surface area contributed by atoms with E-state index in [-0.39, 0.29) is 15.5 Å². The lowest BCUT2D eigenvalue weighted by atomic mass is 10.1. The second-order valence-electron chi connectivity index (χ2n) is 9.96. The number of rotatable bonds is 11. The summed E-state index contributed by atoms with van der Waals surface area (Å²) in [6.45, 7) is 3.62. The molecule has 0 atom stereocenters. The molecule has 5 rings (SSSR count). The molecule has 226 valence electrons. The van der Waals surface area contributed by atoms with Crippen molar-refractivity contribution in [1.29, 1.82) is 0 Å². The third-order valence-corrected chi connectivity index (χ3v) is 9.98. The smallest absolute Gasteiger partial charge is 0.264 e. The van der Waals surface area contributed by atoms with Crippen molar-refractivity contribution in [1.82, 2.24) is 0 Å². The largest absolute Gasteiger partial charge is 0.494 e. The van der Waals surface area contributed by atoms with Crippen LogP contribution >= 0.6 is 0 Å². The van der Waals surface area contributed by atoms with Crippen LogP contribution in [0.4, 0.5) is 17.1 Å². The number of amides is 1. The van der Waals surface area contributed by atoms with E-state index in [1.807, 2.05) is 44.2 Å². The molecule has 0 aromatic heterocycles. The molecule has 0 aliphatic carbocycles. The minimum atomic E-state index is -4.11. The molecule has 0 heterocycles. The second kappa shape index (κ2) is 12.8. The Hall–Kier alpha value is -4.87. The van der Waals surface area contributed by atoms with Crippen molar-refractivity contribution in [2.24, 2.45) is 0 Å². The summed E-state index contributed by atoms with van der Waals surface area (Å²) in [6.07, 6.45) is 0. The highest BCUT2D eigenvalue weighted by Gasteiger charge is 2.27. The predicted molar refractivity (Wildman–Crippen MR) is 173 cm³/mol. The van der Waals surface area contributed by atoms with E-state index in [4.69, 9.17) is 4.74 Å². The molecule has 0 aliphatic heterocycles. The second-order valence-corrected chi connectivity index (χ2v) is 13.5.